The van der Waals surface area contributed by atoms with Crippen LogP contribution in [0.3, 0.4) is 0 Å². The molecule has 1 aliphatic rings. The molecule has 176 valence electrons. The van der Waals surface area contributed by atoms with Crippen molar-refractivity contribution >= 4 is 23.5 Å². The third-order valence-electron chi connectivity index (χ3n) is 5.97. The van der Waals surface area contributed by atoms with Gasteiger partial charge in [0.2, 0.25) is 5.91 Å². The number of rotatable bonds is 7. The average molecular weight is 461 g/mol. The number of carbonyl (C=O) groups is 3. The van der Waals surface area contributed by atoms with Crippen molar-refractivity contribution in [3.63, 3.8) is 0 Å². The van der Waals surface area contributed by atoms with Gasteiger partial charge in [-0.3, -0.25) is 9.59 Å². The first-order valence-corrected chi connectivity index (χ1v) is 11.3. The zero-order valence-corrected chi connectivity index (χ0v) is 19.6. The fourth-order valence-electron chi connectivity index (χ4n) is 3.97. The molecule has 0 saturated heterocycles. The minimum absolute atomic E-state index is 0.0134. The Balaban J connectivity index is 1.50. The van der Waals surface area contributed by atoms with Gasteiger partial charge in [-0.25, -0.2) is 9.48 Å². The number of aryl methyl sites for hydroxylation is 2. The van der Waals surface area contributed by atoms with Gasteiger partial charge in [0, 0.05) is 29.4 Å². The van der Waals surface area contributed by atoms with Gasteiger partial charge in [-0.05, 0) is 74.7 Å². The van der Waals surface area contributed by atoms with Crippen molar-refractivity contribution in [2.45, 2.75) is 39.7 Å². The van der Waals surface area contributed by atoms with Crippen molar-refractivity contribution in [1.82, 2.24) is 15.1 Å². The Labute approximate surface area is 198 Å². The summed E-state index contributed by atoms with van der Waals surface area (Å²) < 4.78 is 6.64. The van der Waals surface area contributed by atoms with Gasteiger partial charge in [-0.2, -0.15) is 5.10 Å². The van der Waals surface area contributed by atoms with Crippen molar-refractivity contribution in [2.75, 3.05) is 12.4 Å². The van der Waals surface area contributed by atoms with Crippen molar-refractivity contribution in [1.29, 1.82) is 0 Å². The highest BCUT2D eigenvalue weighted by Gasteiger charge is 2.25. The highest BCUT2D eigenvalue weighted by molar-refractivity contribution is 5.96. The summed E-state index contributed by atoms with van der Waals surface area (Å²) in [5, 5.41) is 10.2. The second-order valence-electron chi connectivity index (χ2n) is 8.60. The Kier molecular flexibility index (Phi) is 6.77. The quantitative estimate of drug-likeness (QED) is 0.520. The van der Waals surface area contributed by atoms with Crippen molar-refractivity contribution < 1.29 is 19.1 Å². The van der Waals surface area contributed by atoms with Crippen LogP contribution in [0.5, 0.6) is 0 Å². The van der Waals surface area contributed by atoms with Crippen LogP contribution >= 0.6 is 0 Å². The standard InChI is InChI=1S/C26H28N4O4/c1-16-10-17(2)30(29-16)23-9-5-8-20(14-23)24(31)27-15-18-11-21(26(33)34-3)13-22(12-18)28-25(32)19-6-4-7-19/h5,8-14,19H,4,6-7,15H2,1-3H3,(H,27,31)(H,28,32). The number of carbonyl (C=O) groups excluding carboxylic acids is 3. The molecule has 1 fully saturated rings. The summed E-state index contributed by atoms with van der Waals surface area (Å²) in [5.41, 5.74) is 4.67. The number of methoxy groups -OCH3 is 1. The third-order valence-corrected chi connectivity index (χ3v) is 5.97. The van der Waals surface area contributed by atoms with Crippen molar-refractivity contribution in [3.8, 4) is 5.69 Å². The number of esters is 1. The number of benzene rings is 2. The first kappa shape index (κ1) is 23.2. The third kappa shape index (κ3) is 5.17. The normalized spacial score (nSPS) is 13.1. The van der Waals surface area contributed by atoms with Crippen LogP contribution in [0.4, 0.5) is 5.69 Å². The summed E-state index contributed by atoms with van der Waals surface area (Å²) in [6.07, 6.45) is 2.81. The lowest BCUT2D eigenvalue weighted by Gasteiger charge is -2.24. The van der Waals surface area contributed by atoms with E-state index in [4.69, 9.17) is 4.74 Å². The molecule has 1 heterocycles. The first-order valence-electron chi connectivity index (χ1n) is 11.3. The van der Waals surface area contributed by atoms with Gasteiger partial charge in [0.15, 0.2) is 0 Å². The molecule has 0 radical (unpaired) electrons. The zero-order valence-electron chi connectivity index (χ0n) is 19.6. The number of aromatic nitrogens is 2. The molecule has 1 aliphatic carbocycles. The summed E-state index contributed by atoms with van der Waals surface area (Å²) in [6, 6.07) is 14.2. The Bertz CT molecular complexity index is 1240. The van der Waals surface area contributed by atoms with Gasteiger partial charge in [0.25, 0.3) is 5.91 Å². The van der Waals surface area contributed by atoms with Crippen molar-refractivity contribution in [2.24, 2.45) is 5.92 Å². The lowest BCUT2D eigenvalue weighted by atomic mass is 9.85. The molecule has 2 aromatic carbocycles. The summed E-state index contributed by atoms with van der Waals surface area (Å²) in [4.78, 5) is 37.4. The lowest BCUT2D eigenvalue weighted by molar-refractivity contribution is -0.122. The number of nitrogens with zero attached hydrogens (tertiary/aromatic N) is 2. The molecule has 8 nitrogen and oxygen atoms in total. The minimum Gasteiger partial charge on any atom is -0.465 e. The molecule has 4 rings (SSSR count). The van der Waals surface area contributed by atoms with Crippen LogP contribution < -0.4 is 10.6 Å². The van der Waals surface area contributed by atoms with Crippen LogP contribution in [-0.2, 0) is 16.1 Å². The summed E-state index contributed by atoms with van der Waals surface area (Å²) in [6.45, 7) is 4.06. The SMILES string of the molecule is COC(=O)c1cc(CNC(=O)c2cccc(-n3nc(C)cc3C)c2)cc(NC(=O)C2CCC2)c1. The maximum absolute atomic E-state index is 12.9. The van der Waals surface area contributed by atoms with Gasteiger partial charge in [-0.15, -0.1) is 0 Å². The molecule has 0 spiro atoms. The number of ether oxygens (including phenoxy) is 1. The molecule has 1 saturated carbocycles. The monoisotopic (exact) mass is 460 g/mol. The molecule has 0 unspecified atom stereocenters. The summed E-state index contributed by atoms with van der Waals surface area (Å²) >= 11 is 0. The molecule has 2 N–H and O–H groups in total. The van der Waals surface area contributed by atoms with E-state index in [1.807, 2.05) is 32.0 Å². The van der Waals surface area contributed by atoms with E-state index in [1.165, 1.54) is 7.11 Å². The maximum atomic E-state index is 12.9. The molecular weight excluding hydrogens is 432 g/mol. The van der Waals surface area contributed by atoms with Gasteiger partial charge < -0.3 is 15.4 Å². The summed E-state index contributed by atoms with van der Waals surface area (Å²) in [7, 11) is 1.30. The van der Waals surface area contributed by atoms with Gasteiger partial charge in [0.1, 0.15) is 0 Å². The van der Waals surface area contributed by atoms with E-state index in [-0.39, 0.29) is 24.3 Å². The van der Waals surface area contributed by atoms with E-state index in [2.05, 4.69) is 15.7 Å². The van der Waals surface area contributed by atoms with Crippen LogP contribution in [0.1, 0.15) is 56.9 Å². The fraction of sp³-hybridized carbons (Fsp3) is 0.308. The number of hydrogen-bond donors (Lipinski definition) is 2. The van der Waals surface area contributed by atoms with Gasteiger partial charge in [-0.1, -0.05) is 12.5 Å². The first-order chi connectivity index (χ1) is 16.3. The molecule has 8 heteroatoms. The maximum Gasteiger partial charge on any atom is 0.337 e. The van der Waals surface area contributed by atoms with E-state index < -0.39 is 5.97 Å². The number of anilines is 1. The van der Waals surface area contributed by atoms with E-state index in [9.17, 15) is 14.4 Å². The Morgan fingerprint density at radius 1 is 1.06 bits per heavy atom. The molecule has 2 amide bonds. The second-order valence-corrected chi connectivity index (χ2v) is 8.60. The van der Waals surface area contributed by atoms with Gasteiger partial charge >= 0.3 is 5.97 Å². The topological polar surface area (TPSA) is 102 Å². The van der Waals surface area contributed by atoms with Crippen LogP contribution in [0.2, 0.25) is 0 Å². The fourth-order valence-corrected chi connectivity index (χ4v) is 3.97. The predicted molar refractivity (Wildman–Crippen MR) is 128 cm³/mol. The smallest absolute Gasteiger partial charge is 0.337 e. The Hall–Kier alpha value is -3.94. The Morgan fingerprint density at radius 2 is 1.85 bits per heavy atom. The molecule has 0 bridgehead atoms. The van der Waals surface area contributed by atoms with E-state index in [0.29, 0.717) is 22.4 Å². The predicted octanol–water partition coefficient (Wildman–Crippen LogP) is 3.94. The van der Waals surface area contributed by atoms with Crippen LogP contribution in [0, 0.1) is 19.8 Å². The van der Waals surface area contributed by atoms with Crippen LogP contribution in [0.25, 0.3) is 5.69 Å². The molecule has 3 aromatic rings. The van der Waals surface area contributed by atoms with Crippen molar-refractivity contribution in [3.05, 3.63) is 76.6 Å². The lowest BCUT2D eigenvalue weighted by Crippen LogP contribution is -2.28. The zero-order chi connectivity index (χ0) is 24.2. The molecule has 0 atom stereocenters. The molecule has 0 aliphatic heterocycles. The average Bonchev–Trinajstić information content (AvgIpc) is 3.13. The number of amides is 2. The second kappa shape index (κ2) is 9.91. The largest absolute Gasteiger partial charge is 0.465 e. The molecular formula is C26H28N4O4. The van der Waals surface area contributed by atoms with E-state index in [0.717, 1.165) is 36.3 Å². The highest BCUT2D eigenvalue weighted by atomic mass is 16.5. The van der Waals surface area contributed by atoms with Gasteiger partial charge in [0.05, 0.1) is 24.1 Å². The molecule has 1 aromatic heterocycles. The van der Waals surface area contributed by atoms with E-state index >= 15 is 0 Å². The molecule has 34 heavy (non-hydrogen) atoms. The summed E-state index contributed by atoms with van der Waals surface area (Å²) in [5.74, 6) is -0.805. The Morgan fingerprint density at radius 3 is 2.50 bits per heavy atom. The minimum atomic E-state index is -0.509. The number of hydrogen-bond acceptors (Lipinski definition) is 5. The van der Waals surface area contributed by atoms with E-state index in [1.54, 1.807) is 35.0 Å². The highest BCUT2D eigenvalue weighted by Crippen LogP contribution is 2.28. The number of nitrogens with one attached hydrogen (secondary N) is 2. The van der Waals surface area contributed by atoms with Crippen LogP contribution in [0.15, 0.2) is 48.5 Å². The van der Waals surface area contributed by atoms with Crippen LogP contribution in [-0.4, -0.2) is 34.7 Å².